The molecule has 6 heteroatoms. The van der Waals surface area contributed by atoms with E-state index in [1.165, 1.54) is 15.0 Å². The fourth-order valence-corrected chi connectivity index (χ4v) is 4.13. The Bertz CT molecular complexity index is 694. The molecule has 1 aliphatic rings. The first-order chi connectivity index (χ1) is 11.0. The molecule has 1 saturated heterocycles. The summed E-state index contributed by atoms with van der Waals surface area (Å²) in [6, 6.07) is 10.5. The van der Waals surface area contributed by atoms with E-state index >= 15 is 0 Å². The van der Waals surface area contributed by atoms with Crippen LogP contribution in [0.2, 0.25) is 0 Å². The number of fused-ring (bicyclic) bond motifs is 1. The van der Waals surface area contributed by atoms with Crippen molar-refractivity contribution in [3.8, 4) is 0 Å². The molecule has 0 aliphatic carbocycles. The molecule has 2 amide bonds. The molecule has 2 heterocycles. The summed E-state index contributed by atoms with van der Waals surface area (Å²) in [6.45, 7) is 4.76. The summed E-state index contributed by atoms with van der Waals surface area (Å²) in [5, 5.41) is 1.25. The van der Waals surface area contributed by atoms with E-state index in [9.17, 15) is 9.59 Å². The number of primary amides is 1. The van der Waals surface area contributed by atoms with Crippen molar-refractivity contribution >= 4 is 33.2 Å². The zero-order valence-corrected chi connectivity index (χ0v) is 14.0. The van der Waals surface area contributed by atoms with E-state index in [-0.39, 0.29) is 17.7 Å². The van der Waals surface area contributed by atoms with E-state index in [1.807, 2.05) is 12.1 Å². The Hall–Kier alpha value is -1.92. The van der Waals surface area contributed by atoms with E-state index < -0.39 is 0 Å². The highest BCUT2D eigenvalue weighted by Crippen LogP contribution is 2.26. The maximum atomic E-state index is 11.7. The number of carbonyl (C=O) groups is 2. The van der Waals surface area contributed by atoms with E-state index in [0.717, 1.165) is 13.1 Å². The van der Waals surface area contributed by atoms with Gasteiger partial charge in [-0.15, -0.1) is 11.3 Å². The van der Waals surface area contributed by atoms with Crippen LogP contribution in [-0.4, -0.2) is 47.8 Å². The Morgan fingerprint density at radius 3 is 2.74 bits per heavy atom. The van der Waals surface area contributed by atoms with Crippen LogP contribution in [0, 0.1) is 5.92 Å². The minimum absolute atomic E-state index is 0.0000351. The fraction of sp³-hybridized carbons (Fsp3) is 0.412. The molecule has 5 nitrogen and oxygen atoms in total. The van der Waals surface area contributed by atoms with Crippen molar-refractivity contribution < 1.29 is 9.59 Å². The molecule has 122 valence electrons. The van der Waals surface area contributed by atoms with Crippen LogP contribution in [0.4, 0.5) is 0 Å². The Labute approximate surface area is 139 Å². The first-order valence-electron chi connectivity index (χ1n) is 7.77. The minimum atomic E-state index is -0.334. The van der Waals surface area contributed by atoms with Crippen LogP contribution < -0.4 is 5.73 Å². The number of hydrogen-bond acceptors (Lipinski definition) is 4. The van der Waals surface area contributed by atoms with Gasteiger partial charge in [0.1, 0.15) is 0 Å². The smallest absolute Gasteiger partial charge is 0.223 e. The Kier molecular flexibility index (Phi) is 4.63. The van der Waals surface area contributed by atoms with Crippen LogP contribution in [0.3, 0.4) is 0 Å². The summed E-state index contributed by atoms with van der Waals surface area (Å²) in [6.07, 6.45) is 0. The van der Waals surface area contributed by atoms with E-state index in [2.05, 4.69) is 23.1 Å². The number of benzene rings is 1. The van der Waals surface area contributed by atoms with Gasteiger partial charge >= 0.3 is 0 Å². The highest BCUT2D eigenvalue weighted by Gasteiger charge is 2.27. The molecular weight excluding hydrogens is 310 g/mol. The number of nitrogens with two attached hydrogens (primary N) is 1. The maximum absolute atomic E-state index is 11.7. The lowest BCUT2D eigenvalue weighted by atomic mass is 10.1. The molecule has 0 saturated carbocycles. The summed E-state index contributed by atoms with van der Waals surface area (Å²) in [5.41, 5.74) is 5.51. The second-order valence-corrected chi connectivity index (χ2v) is 7.22. The summed E-state index contributed by atoms with van der Waals surface area (Å²) in [7, 11) is 0. The van der Waals surface area contributed by atoms with Crippen LogP contribution in [-0.2, 0) is 16.1 Å². The van der Waals surface area contributed by atoms with Crippen LogP contribution >= 0.6 is 11.3 Å². The Morgan fingerprint density at radius 2 is 2.04 bits per heavy atom. The number of rotatable bonds is 3. The molecule has 2 aromatic rings. The van der Waals surface area contributed by atoms with Gasteiger partial charge in [0.05, 0.1) is 5.92 Å². The van der Waals surface area contributed by atoms with Crippen LogP contribution in [0.25, 0.3) is 10.1 Å². The van der Waals surface area contributed by atoms with Gasteiger partial charge < -0.3 is 10.6 Å². The standard InChI is InChI=1S/C17H21N3O2S/c1-12(21)20-7-6-19(9-14(10-20)17(18)22)11-15-8-13-4-2-3-5-16(13)23-15/h2-5,8,14H,6-7,9-11H2,1H3,(H2,18,22). The average molecular weight is 331 g/mol. The summed E-state index contributed by atoms with van der Waals surface area (Å²) in [5.74, 6) is -0.643. The van der Waals surface area contributed by atoms with Gasteiger partial charge in [0.15, 0.2) is 0 Å². The predicted octanol–water partition coefficient (Wildman–Crippen LogP) is 1.67. The number of thiophene rings is 1. The van der Waals surface area contributed by atoms with Crippen LogP contribution in [0.15, 0.2) is 30.3 Å². The van der Waals surface area contributed by atoms with Gasteiger partial charge in [-0.1, -0.05) is 18.2 Å². The summed E-state index contributed by atoms with van der Waals surface area (Å²) >= 11 is 1.78. The highest BCUT2D eigenvalue weighted by molar-refractivity contribution is 7.19. The third-order valence-corrected chi connectivity index (χ3v) is 5.41. The summed E-state index contributed by atoms with van der Waals surface area (Å²) < 4.78 is 1.27. The van der Waals surface area contributed by atoms with Crippen molar-refractivity contribution in [2.45, 2.75) is 13.5 Å². The molecule has 2 N–H and O–H groups in total. The molecular formula is C17H21N3O2S. The van der Waals surface area contributed by atoms with Gasteiger partial charge in [-0.05, 0) is 17.5 Å². The molecule has 0 spiro atoms. The topological polar surface area (TPSA) is 66.6 Å². The lowest BCUT2D eigenvalue weighted by Crippen LogP contribution is -2.39. The maximum Gasteiger partial charge on any atom is 0.223 e. The van der Waals surface area contributed by atoms with Gasteiger partial charge in [-0.3, -0.25) is 14.5 Å². The molecule has 1 atom stereocenters. The predicted molar refractivity (Wildman–Crippen MR) is 92.0 cm³/mol. The lowest BCUT2D eigenvalue weighted by molar-refractivity contribution is -0.130. The number of hydrogen-bond donors (Lipinski definition) is 1. The number of amides is 2. The van der Waals surface area contributed by atoms with Gasteiger partial charge in [-0.25, -0.2) is 0 Å². The molecule has 1 unspecified atom stereocenters. The third-order valence-electron chi connectivity index (χ3n) is 4.31. The first kappa shape index (κ1) is 16.0. The SMILES string of the molecule is CC(=O)N1CCN(Cc2cc3ccccc3s2)CC(C(N)=O)C1. The molecule has 0 bridgehead atoms. The van der Waals surface area contributed by atoms with E-state index in [4.69, 9.17) is 5.73 Å². The van der Waals surface area contributed by atoms with Crippen molar-refractivity contribution in [3.05, 3.63) is 35.2 Å². The zero-order valence-electron chi connectivity index (χ0n) is 13.2. The van der Waals surface area contributed by atoms with Crippen LogP contribution in [0.5, 0.6) is 0 Å². The van der Waals surface area contributed by atoms with Gasteiger partial charge in [0.25, 0.3) is 0 Å². The van der Waals surface area contributed by atoms with Crippen molar-refractivity contribution in [1.82, 2.24) is 9.80 Å². The van der Waals surface area contributed by atoms with E-state index in [0.29, 0.717) is 19.6 Å². The van der Waals surface area contributed by atoms with Crippen LogP contribution in [0.1, 0.15) is 11.8 Å². The summed E-state index contributed by atoms with van der Waals surface area (Å²) in [4.78, 5) is 28.6. The van der Waals surface area contributed by atoms with Crippen molar-refractivity contribution in [2.75, 3.05) is 26.2 Å². The molecule has 1 aromatic heterocycles. The largest absolute Gasteiger partial charge is 0.369 e. The molecule has 1 aliphatic heterocycles. The highest BCUT2D eigenvalue weighted by atomic mass is 32.1. The monoisotopic (exact) mass is 331 g/mol. The zero-order chi connectivity index (χ0) is 16.4. The van der Waals surface area contributed by atoms with E-state index in [1.54, 1.807) is 23.2 Å². The molecule has 0 radical (unpaired) electrons. The van der Waals surface area contributed by atoms with Gasteiger partial charge in [0, 0.05) is 49.2 Å². The molecule has 1 fully saturated rings. The van der Waals surface area contributed by atoms with Crippen molar-refractivity contribution in [3.63, 3.8) is 0 Å². The molecule has 1 aromatic carbocycles. The average Bonchev–Trinajstić information content (AvgIpc) is 2.78. The third kappa shape index (κ3) is 3.71. The molecule has 3 rings (SSSR count). The molecule has 23 heavy (non-hydrogen) atoms. The van der Waals surface area contributed by atoms with Gasteiger partial charge in [0.2, 0.25) is 11.8 Å². The quantitative estimate of drug-likeness (QED) is 0.930. The normalized spacial score (nSPS) is 19.7. The van der Waals surface area contributed by atoms with Gasteiger partial charge in [-0.2, -0.15) is 0 Å². The first-order valence-corrected chi connectivity index (χ1v) is 8.59. The second kappa shape index (κ2) is 6.68. The number of carbonyl (C=O) groups excluding carboxylic acids is 2. The number of nitrogens with zero attached hydrogens (tertiary/aromatic N) is 2. The Morgan fingerprint density at radius 1 is 1.26 bits per heavy atom. The fourth-order valence-electron chi connectivity index (χ4n) is 3.02. The van der Waals surface area contributed by atoms with Crippen molar-refractivity contribution in [2.24, 2.45) is 11.7 Å². The van der Waals surface area contributed by atoms with Crippen molar-refractivity contribution in [1.29, 1.82) is 0 Å². The Balaban J connectivity index is 1.75. The second-order valence-electron chi connectivity index (χ2n) is 6.05. The minimum Gasteiger partial charge on any atom is -0.369 e. The lowest BCUT2D eigenvalue weighted by Gasteiger charge is -2.21.